The predicted octanol–water partition coefficient (Wildman–Crippen LogP) is 4.88. The highest BCUT2D eigenvalue weighted by molar-refractivity contribution is 7.99. The lowest BCUT2D eigenvalue weighted by atomic mass is 10.2. The minimum atomic E-state index is -3.34. The van der Waals surface area contributed by atoms with Gasteiger partial charge < -0.3 is 5.32 Å². The summed E-state index contributed by atoms with van der Waals surface area (Å²) in [5.74, 6) is -0.236. The number of nitrogens with one attached hydrogen (secondary N) is 1. The van der Waals surface area contributed by atoms with E-state index in [1.54, 1.807) is 43.0 Å². The van der Waals surface area contributed by atoms with Crippen LogP contribution in [0.1, 0.15) is 17.3 Å². The summed E-state index contributed by atoms with van der Waals surface area (Å²) in [5.41, 5.74) is 1.69. The fourth-order valence-electron chi connectivity index (χ4n) is 2.65. The van der Waals surface area contributed by atoms with Crippen molar-refractivity contribution < 1.29 is 13.2 Å². The van der Waals surface area contributed by atoms with Crippen molar-refractivity contribution in [1.29, 1.82) is 0 Å². The first-order valence-electron chi connectivity index (χ1n) is 9.10. The van der Waals surface area contributed by atoms with E-state index in [0.29, 0.717) is 11.3 Å². The van der Waals surface area contributed by atoms with E-state index in [1.807, 2.05) is 54.6 Å². The summed E-state index contributed by atoms with van der Waals surface area (Å²) in [5, 5.41) is 2.95. The molecule has 0 aliphatic heterocycles. The second-order valence-electron chi connectivity index (χ2n) is 6.28. The zero-order valence-electron chi connectivity index (χ0n) is 16.2. The lowest BCUT2D eigenvalue weighted by Gasteiger charge is -2.18. The maximum atomic E-state index is 12.7. The second kappa shape index (κ2) is 9.15. The van der Waals surface area contributed by atoms with Gasteiger partial charge in [0.05, 0.1) is 17.1 Å². The van der Waals surface area contributed by atoms with Gasteiger partial charge in [-0.3, -0.25) is 9.10 Å². The third-order valence-corrected chi connectivity index (χ3v) is 7.24. The smallest absolute Gasteiger partial charge is 0.255 e. The molecule has 0 saturated carbocycles. The van der Waals surface area contributed by atoms with E-state index in [1.165, 1.54) is 11.4 Å². The lowest BCUT2D eigenvalue weighted by Crippen LogP contribution is -2.28. The molecule has 29 heavy (non-hydrogen) atoms. The van der Waals surface area contributed by atoms with Crippen LogP contribution < -0.4 is 9.62 Å². The van der Waals surface area contributed by atoms with Gasteiger partial charge in [0.25, 0.3) is 5.91 Å². The first kappa shape index (κ1) is 21.0. The van der Waals surface area contributed by atoms with Crippen molar-refractivity contribution in [2.75, 3.05) is 22.4 Å². The van der Waals surface area contributed by atoms with Crippen LogP contribution in [0.3, 0.4) is 0 Å². The third-order valence-electron chi connectivity index (χ3n) is 4.38. The molecule has 0 fully saturated rings. The van der Waals surface area contributed by atoms with E-state index in [0.717, 1.165) is 15.5 Å². The fraction of sp³-hybridized carbons (Fsp3) is 0.136. The number of rotatable bonds is 7. The Morgan fingerprint density at radius 3 is 2.21 bits per heavy atom. The van der Waals surface area contributed by atoms with Crippen LogP contribution in [0.4, 0.5) is 11.4 Å². The Morgan fingerprint density at radius 1 is 0.931 bits per heavy atom. The molecule has 0 radical (unpaired) electrons. The molecule has 3 aromatic carbocycles. The monoisotopic (exact) mass is 426 g/mol. The molecular weight excluding hydrogens is 404 g/mol. The normalized spacial score (nSPS) is 11.1. The summed E-state index contributed by atoms with van der Waals surface area (Å²) >= 11 is 1.57. The lowest BCUT2D eigenvalue weighted by molar-refractivity contribution is 0.102. The molecule has 1 N–H and O–H groups in total. The molecular formula is C22H22N2O3S2. The van der Waals surface area contributed by atoms with Crippen molar-refractivity contribution in [2.45, 2.75) is 16.7 Å². The quantitative estimate of drug-likeness (QED) is 0.585. The Balaban J connectivity index is 1.76. The van der Waals surface area contributed by atoms with Gasteiger partial charge in [-0.15, -0.1) is 0 Å². The zero-order valence-corrected chi connectivity index (χ0v) is 17.8. The van der Waals surface area contributed by atoms with Gasteiger partial charge in [-0.05, 0) is 55.5 Å². The van der Waals surface area contributed by atoms with Gasteiger partial charge in [-0.2, -0.15) is 0 Å². The van der Waals surface area contributed by atoms with Crippen LogP contribution in [0.15, 0.2) is 88.7 Å². The van der Waals surface area contributed by atoms with Crippen molar-refractivity contribution in [3.05, 3.63) is 84.4 Å². The largest absolute Gasteiger partial charge is 0.321 e. The maximum Gasteiger partial charge on any atom is 0.255 e. The number of anilines is 2. The number of hydrogen-bond acceptors (Lipinski definition) is 4. The molecule has 0 heterocycles. The molecule has 7 heteroatoms. The SMILES string of the molecule is CCS(=O)(=O)N(C)c1ccc(C(=O)Nc2ccccc2Sc2ccccc2)cc1. The highest BCUT2D eigenvalue weighted by Crippen LogP contribution is 2.33. The van der Waals surface area contributed by atoms with Crippen molar-refractivity contribution in [1.82, 2.24) is 0 Å². The third kappa shape index (κ3) is 5.19. The van der Waals surface area contributed by atoms with Crippen LogP contribution in [-0.4, -0.2) is 27.1 Å². The molecule has 0 unspecified atom stereocenters. The number of carbonyl (C=O) groups excluding carboxylic acids is 1. The number of hydrogen-bond donors (Lipinski definition) is 1. The fourth-order valence-corrected chi connectivity index (χ4v) is 4.40. The van der Waals surface area contributed by atoms with Crippen molar-refractivity contribution in [3.8, 4) is 0 Å². The van der Waals surface area contributed by atoms with Crippen molar-refractivity contribution in [2.24, 2.45) is 0 Å². The average molecular weight is 427 g/mol. The van der Waals surface area contributed by atoms with Gasteiger partial charge in [0.15, 0.2) is 0 Å². The van der Waals surface area contributed by atoms with Gasteiger partial charge >= 0.3 is 0 Å². The minimum absolute atomic E-state index is 0.0155. The molecule has 0 aromatic heterocycles. The van der Waals surface area contributed by atoms with E-state index >= 15 is 0 Å². The summed E-state index contributed by atoms with van der Waals surface area (Å²) in [4.78, 5) is 14.7. The van der Waals surface area contributed by atoms with E-state index in [-0.39, 0.29) is 11.7 Å². The van der Waals surface area contributed by atoms with E-state index < -0.39 is 10.0 Å². The van der Waals surface area contributed by atoms with E-state index in [9.17, 15) is 13.2 Å². The van der Waals surface area contributed by atoms with Gasteiger partial charge in [0.1, 0.15) is 0 Å². The molecule has 0 aliphatic carbocycles. The topological polar surface area (TPSA) is 66.5 Å². The number of nitrogens with zero attached hydrogens (tertiary/aromatic N) is 1. The zero-order chi connectivity index (χ0) is 20.9. The van der Waals surface area contributed by atoms with Gasteiger partial charge in [0, 0.05) is 22.4 Å². The van der Waals surface area contributed by atoms with Crippen LogP contribution in [0.5, 0.6) is 0 Å². The number of amides is 1. The number of carbonyl (C=O) groups is 1. The molecule has 3 rings (SSSR count). The van der Waals surface area contributed by atoms with Gasteiger partial charge in [-0.25, -0.2) is 8.42 Å². The Hall–Kier alpha value is -2.77. The van der Waals surface area contributed by atoms with Crippen LogP contribution >= 0.6 is 11.8 Å². The molecule has 0 saturated heterocycles. The van der Waals surface area contributed by atoms with Crippen molar-refractivity contribution >= 4 is 39.1 Å². The summed E-state index contributed by atoms with van der Waals surface area (Å²) in [6, 6.07) is 24.1. The molecule has 150 valence electrons. The molecule has 5 nitrogen and oxygen atoms in total. The molecule has 0 spiro atoms. The maximum absolute atomic E-state index is 12.7. The predicted molar refractivity (Wildman–Crippen MR) is 119 cm³/mol. The first-order valence-corrected chi connectivity index (χ1v) is 11.5. The van der Waals surface area contributed by atoms with E-state index in [2.05, 4.69) is 5.32 Å². The molecule has 0 atom stereocenters. The van der Waals surface area contributed by atoms with Crippen LogP contribution in [0.25, 0.3) is 0 Å². The molecule has 0 aliphatic rings. The summed E-state index contributed by atoms with van der Waals surface area (Å²) in [6.45, 7) is 1.60. The average Bonchev–Trinajstić information content (AvgIpc) is 2.75. The minimum Gasteiger partial charge on any atom is -0.321 e. The van der Waals surface area contributed by atoms with Crippen LogP contribution in [0, 0.1) is 0 Å². The first-order chi connectivity index (χ1) is 13.9. The second-order valence-corrected chi connectivity index (χ2v) is 9.68. The molecule has 0 bridgehead atoms. The number of benzene rings is 3. The Morgan fingerprint density at radius 2 is 1.55 bits per heavy atom. The highest BCUT2D eigenvalue weighted by Gasteiger charge is 2.16. The Labute approximate surface area is 175 Å². The van der Waals surface area contributed by atoms with E-state index in [4.69, 9.17) is 0 Å². The molecule has 1 amide bonds. The summed E-state index contributed by atoms with van der Waals surface area (Å²) in [7, 11) is -1.83. The Kier molecular flexibility index (Phi) is 6.61. The molecule has 3 aromatic rings. The van der Waals surface area contributed by atoms with Gasteiger partial charge in [0.2, 0.25) is 10.0 Å². The summed E-state index contributed by atoms with van der Waals surface area (Å²) < 4.78 is 25.2. The summed E-state index contributed by atoms with van der Waals surface area (Å²) in [6.07, 6.45) is 0. The number of para-hydroxylation sites is 1. The highest BCUT2D eigenvalue weighted by atomic mass is 32.2. The number of sulfonamides is 1. The Bertz CT molecular complexity index is 1080. The van der Waals surface area contributed by atoms with Crippen LogP contribution in [0.2, 0.25) is 0 Å². The standard InChI is InChI=1S/C22H22N2O3S2/c1-3-29(26,27)24(2)18-15-13-17(14-16-18)22(25)23-20-11-7-8-12-21(20)28-19-9-5-4-6-10-19/h4-16H,3H2,1-2H3,(H,23,25). The van der Waals surface area contributed by atoms with Crippen LogP contribution in [-0.2, 0) is 10.0 Å². The van der Waals surface area contributed by atoms with Crippen molar-refractivity contribution in [3.63, 3.8) is 0 Å². The van der Waals surface area contributed by atoms with Gasteiger partial charge in [-0.1, -0.05) is 42.1 Å².